The Morgan fingerprint density at radius 2 is 2.06 bits per heavy atom. The molecule has 3 aromatic rings. The van der Waals surface area contributed by atoms with Crippen molar-refractivity contribution in [3.63, 3.8) is 0 Å². The average molecular weight is 496 g/mol. The molecule has 8 heteroatoms. The van der Waals surface area contributed by atoms with E-state index in [1.165, 1.54) is 6.20 Å². The lowest BCUT2D eigenvalue weighted by Crippen LogP contribution is -2.35. The van der Waals surface area contributed by atoms with Gasteiger partial charge in [-0.05, 0) is 57.7 Å². The minimum Gasteiger partial charge on any atom is -0.477 e. The third-order valence-corrected chi connectivity index (χ3v) is 7.93. The van der Waals surface area contributed by atoms with Crippen LogP contribution in [-0.4, -0.2) is 39.8 Å². The highest BCUT2D eigenvalue weighted by Gasteiger charge is 2.34. The van der Waals surface area contributed by atoms with Crippen molar-refractivity contribution in [2.45, 2.75) is 64.0 Å². The largest absolute Gasteiger partial charge is 0.477 e. The van der Waals surface area contributed by atoms with Crippen LogP contribution in [0.25, 0.3) is 10.9 Å². The third kappa shape index (κ3) is 4.27. The van der Waals surface area contributed by atoms with Gasteiger partial charge in [0.15, 0.2) is 0 Å². The molecule has 2 aromatic heterocycles. The van der Waals surface area contributed by atoms with E-state index in [9.17, 15) is 14.7 Å². The molecule has 0 radical (unpaired) electrons. The number of carboxylic acid groups (broad SMARTS) is 1. The van der Waals surface area contributed by atoms with Crippen LogP contribution in [0.5, 0.6) is 5.88 Å². The van der Waals surface area contributed by atoms with Gasteiger partial charge in [-0.15, -0.1) is 0 Å². The summed E-state index contributed by atoms with van der Waals surface area (Å²) in [6.45, 7) is 5.43. The van der Waals surface area contributed by atoms with Gasteiger partial charge in [0, 0.05) is 35.4 Å². The molecule has 0 spiro atoms. The van der Waals surface area contributed by atoms with Crippen LogP contribution in [0.15, 0.2) is 41.5 Å². The van der Waals surface area contributed by atoms with Gasteiger partial charge >= 0.3 is 5.97 Å². The first-order valence-corrected chi connectivity index (χ1v) is 12.6. The highest BCUT2D eigenvalue weighted by Crippen LogP contribution is 2.40. The zero-order valence-corrected chi connectivity index (χ0v) is 20.8. The monoisotopic (exact) mass is 495 g/mol. The van der Waals surface area contributed by atoms with Crippen molar-refractivity contribution in [3.8, 4) is 5.88 Å². The van der Waals surface area contributed by atoms with E-state index in [0.29, 0.717) is 22.9 Å². The lowest BCUT2D eigenvalue weighted by atomic mass is 9.97. The summed E-state index contributed by atoms with van der Waals surface area (Å²) < 4.78 is 8.08. The summed E-state index contributed by atoms with van der Waals surface area (Å²) in [6, 6.07) is 7.60. The molecule has 0 bridgehead atoms. The number of aromatic nitrogens is 2. The molecule has 2 fully saturated rings. The molecule has 1 aromatic carbocycles. The first kappa shape index (κ1) is 23.7. The van der Waals surface area contributed by atoms with Crippen molar-refractivity contribution < 1.29 is 14.6 Å². The number of carbonyl (C=O) groups is 1. The van der Waals surface area contributed by atoms with Crippen molar-refractivity contribution in [2.24, 2.45) is 0 Å². The standard InChI is InChI=1S/C27H30ClN3O4/c1-17-7-5-11-29-25(17)35-16-18-8-6-12-30(18)23-14-22-19(13-21(23)28)24(32)20(26(33)34)15-31(22)27(2)9-3-4-10-27/h5,7,11,13-15,18H,3-4,6,8-10,12,16H2,1-2H3,(H,33,34)/t18-/m1/s1. The molecule has 1 aliphatic heterocycles. The van der Waals surface area contributed by atoms with E-state index in [2.05, 4.69) is 16.8 Å². The molecule has 3 heterocycles. The molecule has 0 unspecified atom stereocenters. The Balaban J connectivity index is 1.57. The summed E-state index contributed by atoms with van der Waals surface area (Å²) in [6.07, 6.45) is 9.25. The van der Waals surface area contributed by atoms with Crippen LogP contribution >= 0.6 is 11.6 Å². The molecule has 0 amide bonds. The van der Waals surface area contributed by atoms with Crippen molar-refractivity contribution >= 4 is 34.2 Å². The van der Waals surface area contributed by atoms with E-state index in [1.54, 1.807) is 12.3 Å². The number of ether oxygens (including phenoxy) is 1. The minimum atomic E-state index is -1.21. The van der Waals surface area contributed by atoms with Gasteiger partial charge in [0.25, 0.3) is 0 Å². The molecular formula is C27H30ClN3O4. The molecule has 1 aliphatic carbocycles. The summed E-state index contributed by atoms with van der Waals surface area (Å²) in [5.74, 6) is -0.581. The number of hydrogen-bond donors (Lipinski definition) is 1. The van der Waals surface area contributed by atoms with Gasteiger partial charge in [-0.25, -0.2) is 9.78 Å². The second kappa shape index (κ2) is 9.19. The summed E-state index contributed by atoms with van der Waals surface area (Å²) >= 11 is 6.75. The topological polar surface area (TPSA) is 84.7 Å². The number of hydrogen-bond acceptors (Lipinski definition) is 5. The van der Waals surface area contributed by atoms with Gasteiger partial charge in [0.2, 0.25) is 11.3 Å². The number of aromatic carboxylic acids is 1. The maximum Gasteiger partial charge on any atom is 0.341 e. The van der Waals surface area contributed by atoms with Crippen molar-refractivity contribution in [3.05, 3.63) is 63.0 Å². The predicted octanol–water partition coefficient (Wildman–Crippen LogP) is 5.39. The second-order valence-electron chi connectivity index (χ2n) is 10.00. The molecule has 1 N–H and O–H groups in total. The summed E-state index contributed by atoms with van der Waals surface area (Å²) in [4.78, 5) is 31.6. The Bertz CT molecular complexity index is 1350. The maximum absolute atomic E-state index is 13.1. The number of rotatable bonds is 6. The predicted molar refractivity (Wildman–Crippen MR) is 137 cm³/mol. The van der Waals surface area contributed by atoms with Crippen LogP contribution in [0.2, 0.25) is 5.02 Å². The number of nitrogens with zero attached hydrogens (tertiary/aromatic N) is 3. The van der Waals surface area contributed by atoms with Gasteiger partial charge in [-0.3, -0.25) is 4.79 Å². The molecule has 2 aliphatic rings. The summed E-state index contributed by atoms with van der Waals surface area (Å²) in [5, 5.41) is 10.5. The molecule has 184 valence electrons. The molecule has 35 heavy (non-hydrogen) atoms. The Labute approximate surface area is 209 Å². The first-order valence-electron chi connectivity index (χ1n) is 12.2. The van der Waals surface area contributed by atoms with Crippen molar-refractivity contribution in [1.29, 1.82) is 0 Å². The second-order valence-corrected chi connectivity index (χ2v) is 10.4. The van der Waals surface area contributed by atoms with E-state index < -0.39 is 11.4 Å². The molecule has 5 rings (SSSR count). The van der Waals surface area contributed by atoms with E-state index >= 15 is 0 Å². The smallest absolute Gasteiger partial charge is 0.341 e. The lowest BCUT2D eigenvalue weighted by Gasteiger charge is -2.32. The van der Waals surface area contributed by atoms with Crippen molar-refractivity contribution in [2.75, 3.05) is 18.1 Å². The normalized spacial score (nSPS) is 19.4. The number of benzene rings is 1. The van der Waals surface area contributed by atoms with Crippen LogP contribution in [0.3, 0.4) is 0 Å². The van der Waals surface area contributed by atoms with Crippen LogP contribution in [-0.2, 0) is 5.54 Å². The zero-order chi connectivity index (χ0) is 24.7. The van der Waals surface area contributed by atoms with E-state index in [1.807, 2.05) is 29.7 Å². The molecule has 1 saturated heterocycles. The van der Waals surface area contributed by atoms with Gasteiger partial charge in [-0.1, -0.05) is 30.5 Å². The molecule has 7 nitrogen and oxygen atoms in total. The highest BCUT2D eigenvalue weighted by atomic mass is 35.5. The Kier molecular flexibility index (Phi) is 6.21. The van der Waals surface area contributed by atoms with E-state index in [0.717, 1.165) is 61.8 Å². The van der Waals surface area contributed by atoms with E-state index in [-0.39, 0.29) is 17.1 Å². The summed E-state index contributed by atoms with van der Waals surface area (Å²) in [7, 11) is 0. The number of aryl methyl sites for hydroxylation is 1. The van der Waals surface area contributed by atoms with Crippen LogP contribution < -0.4 is 15.1 Å². The number of carboxylic acids is 1. The first-order chi connectivity index (χ1) is 16.8. The maximum atomic E-state index is 13.1. The zero-order valence-electron chi connectivity index (χ0n) is 20.1. The molecular weight excluding hydrogens is 466 g/mol. The van der Waals surface area contributed by atoms with E-state index in [4.69, 9.17) is 16.3 Å². The van der Waals surface area contributed by atoms with Crippen LogP contribution in [0, 0.1) is 6.92 Å². The average Bonchev–Trinajstić information content (AvgIpc) is 3.48. The van der Waals surface area contributed by atoms with Gasteiger partial charge in [0.1, 0.15) is 12.2 Å². The fraction of sp³-hybridized carbons (Fsp3) is 0.444. The SMILES string of the molecule is Cc1cccnc1OC[C@H]1CCCN1c1cc2c(cc1Cl)c(=O)c(C(=O)O)cn2C1(C)CCCC1. The highest BCUT2D eigenvalue weighted by molar-refractivity contribution is 6.34. The van der Waals surface area contributed by atoms with Crippen LogP contribution in [0.1, 0.15) is 61.4 Å². The number of halogens is 1. The Morgan fingerprint density at radius 1 is 1.29 bits per heavy atom. The molecule has 1 saturated carbocycles. The Hall–Kier alpha value is -3.06. The summed E-state index contributed by atoms with van der Waals surface area (Å²) in [5.41, 5.74) is 1.62. The number of fused-ring (bicyclic) bond motifs is 1. The lowest BCUT2D eigenvalue weighted by molar-refractivity contribution is 0.0694. The fourth-order valence-electron chi connectivity index (χ4n) is 5.65. The number of pyridine rings is 2. The van der Waals surface area contributed by atoms with Crippen LogP contribution in [0.4, 0.5) is 5.69 Å². The third-order valence-electron chi connectivity index (χ3n) is 7.63. The Morgan fingerprint density at radius 3 is 2.77 bits per heavy atom. The number of anilines is 1. The van der Waals surface area contributed by atoms with Gasteiger partial charge < -0.3 is 19.3 Å². The minimum absolute atomic E-state index is 0.117. The quantitative estimate of drug-likeness (QED) is 0.493. The van der Waals surface area contributed by atoms with Gasteiger partial charge in [0.05, 0.1) is 22.3 Å². The van der Waals surface area contributed by atoms with Crippen molar-refractivity contribution in [1.82, 2.24) is 9.55 Å². The molecule has 1 atom stereocenters. The van der Waals surface area contributed by atoms with Gasteiger partial charge in [-0.2, -0.15) is 0 Å². The fourth-order valence-corrected chi connectivity index (χ4v) is 5.93.